The molecule has 0 radical (unpaired) electrons. The summed E-state index contributed by atoms with van der Waals surface area (Å²) >= 11 is 6.17. The zero-order chi connectivity index (χ0) is 12.1. The molecule has 1 unspecified atom stereocenters. The van der Waals surface area contributed by atoms with Gasteiger partial charge in [-0.3, -0.25) is 0 Å². The second-order valence-corrected chi connectivity index (χ2v) is 5.35. The van der Waals surface area contributed by atoms with Crippen LogP contribution in [0.3, 0.4) is 0 Å². The first kappa shape index (κ1) is 13.5. The molecule has 0 saturated carbocycles. The molecule has 0 aromatic heterocycles. The Hall–Kier alpha value is -0.530. The molecule has 2 atom stereocenters. The molecule has 1 aromatic rings. The lowest BCUT2D eigenvalue weighted by atomic mass is 10.0. The average molecular weight is 240 g/mol. The summed E-state index contributed by atoms with van der Waals surface area (Å²) in [6.45, 7) is 8.89. The highest BCUT2D eigenvalue weighted by Crippen LogP contribution is 2.23. The number of hydrogen-bond acceptors (Lipinski definition) is 1. The van der Waals surface area contributed by atoms with Gasteiger partial charge in [-0.25, -0.2) is 0 Å². The van der Waals surface area contributed by atoms with Crippen LogP contribution in [0.2, 0.25) is 5.02 Å². The lowest BCUT2D eigenvalue weighted by molar-refractivity contribution is 0.407. The minimum absolute atomic E-state index is 0.308. The first-order chi connectivity index (χ1) is 7.50. The molecule has 1 N–H and O–H groups in total. The standard InChI is InChI=1S/C14H22ClN/c1-10(2)9-11(3)16-12(4)13-7-5-6-8-14(13)15/h5-8,10-12,16H,9H2,1-4H3/t11?,12-/m1/s1. The van der Waals surface area contributed by atoms with Crippen molar-refractivity contribution in [2.75, 3.05) is 0 Å². The molecule has 1 rings (SSSR count). The van der Waals surface area contributed by atoms with Gasteiger partial charge < -0.3 is 5.32 Å². The Morgan fingerprint density at radius 2 is 1.75 bits per heavy atom. The Bertz CT molecular complexity index is 322. The van der Waals surface area contributed by atoms with Crippen molar-refractivity contribution in [1.82, 2.24) is 5.32 Å². The van der Waals surface area contributed by atoms with E-state index in [1.54, 1.807) is 0 Å². The van der Waals surface area contributed by atoms with Crippen LogP contribution >= 0.6 is 11.6 Å². The normalized spacial score (nSPS) is 15.1. The molecule has 0 aliphatic heterocycles. The van der Waals surface area contributed by atoms with Gasteiger partial charge in [0.25, 0.3) is 0 Å². The Labute approximate surface area is 104 Å². The summed E-state index contributed by atoms with van der Waals surface area (Å²) in [5, 5.41) is 4.43. The SMILES string of the molecule is CC(C)CC(C)N[C@H](C)c1ccccc1Cl. The first-order valence-electron chi connectivity index (χ1n) is 6.01. The molecule has 90 valence electrons. The molecule has 1 aromatic carbocycles. The van der Waals surface area contributed by atoms with Crippen LogP contribution in [0.15, 0.2) is 24.3 Å². The first-order valence-corrected chi connectivity index (χ1v) is 6.39. The summed E-state index contributed by atoms with van der Waals surface area (Å²) in [7, 11) is 0. The molecular weight excluding hydrogens is 218 g/mol. The number of hydrogen-bond donors (Lipinski definition) is 1. The lowest BCUT2D eigenvalue weighted by Gasteiger charge is -2.22. The van der Waals surface area contributed by atoms with Gasteiger partial charge in [-0.1, -0.05) is 43.6 Å². The number of benzene rings is 1. The smallest absolute Gasteiger partial charge is 0.0453 e. The van der Waals surface area contributed by atoms with Gasteiger partial charge in [0.1, 0.15) is 0 Å². The fraction of sp³-hybridized carbons (Fsp3) is 0.571. The average Bonchev–Trinajstić information content (AvgIpc) is 2.16. The molecule has 0 heterocycles. The molecule has 0 aliphatic rings. The highest BCUT2D eigenvalue weighted by atomic mass is 35.5. The van der Waals surface area contributed by atoms with E-state index in [1.165, 1.54) is 12.0 Å². The maximum Gasteiger partial charge on any atom is 0.0453 e. The minimum atomic E-state index is 0.308. The van der Waals surface area contributed by atoms with Crippen molar-refractivity contribution in [1.29, 1.82) is 0 Å². The topological polar surface area (TPSA) is 12.0 Å². The van der Waals surface area contributed by atoms with Crippen molar-refractivity contribution < 1.29 is 0 Å². The van der Waals surface area contributed by atoms with Gasteiger partial charge >= 0.3 is 0 Å². The number of halogens is 1. The molecule has 0 spiro atoms. The Balaban J connectivity index is 2.58. The Kier molecular flexibility index (Phi) is 5.30. The van der Waals surface area contributed by atoms with Crippen molar-refractivity contribution in [2.24, 2.45) is 5.92 Å². The van der Waals surface area contributed by atoms with E-state index in [9.17, 15) is 0 Å². The molecule has 0 amide bonds. The van der Waals surface area contributed by atoms with Crippen LogP contribution in [0.1, 0.15) is 45.7 Å². The van der Waals surface area contributed by atoms with Gasteiger partial charge in [0.2, 0.25) is 0 Å². The van der Waals surface area contributed by atoms with Crippen molar-refractivity contribution >= 4 is 11.6 Å². The van der Waals surface area contributed by atoms with Crippen LogP contribution < -0.4 is 5.32 Å². The summed E-state index contributed by atoms with van der Waals surface area (Å²) in [5.74, 6) is 0.723. The van der Waals surface area contributed by atoms with Crippen molar-refractivity contribution in [3.63, 3.8) is 0 Å². The predicted octanol–water partition coefficient (Wildman–Crippen LogP) is 4.43. The molecule has 0 saturated heterocycles. The fourth-order valence-corrected chi connectivity index (χ4v) is 2.42. The largest absolute Gasteiger partial charge is 0.308 e. The summed E-state index contributed by atoms with van der Waals surface area (Å²) in [4.78, 5) is 0. The second kappa shape index (κ2) is 6.27. The zero-order valence-corrected chi connectivity index (χ0v) is 11.4. The van der Waals surface area contributed by atoms with Gasteiger partial charge in [0, 0.05) is 17.1 Å². The van der Waals surface area contributed by atoms with Crippen LogP contribution in [0.4, 0.5) is 0 Å². The quantitative estimate of drug-likeness (QED) is 0.802. The van der Waals surface area contributed by atoms with Crippen LogP contribution in [0.25, 0.3) is 0 Å². The molecule has 16 heavy (non-hydrogen) atoms. The molecule has 0 aliphatic carbocycles. The minimum Gasteiger partial charge on any atom is -0.308 e. The number of nitrogens with one attached hydrogen (secondary N) is 1. The van der Waals surface area contributed by atoms with Crippen molar-refractivity contribution in [2.45, 2.75) is 46.2 Å². The van der Waals surface area contributed by atoms with E-state index in [0.717, 1.165) is 10.9 Å². The van der Waals surface area contributed by atoms with Gasteiger partial charge in [-0.05, 0) is 37.8 Å². The number of rotatable bonds is 5. The molecule has 0 bridgehead atoms. The highest BCUT2D eigenvalue weighted by molar-refractivity contribution is 6.31. The van der Waals surface area contributed by atoms with E-state index in [1.807, 2.05) is 18.2 Å². The Morgan fingerprint density at radius 3 is 2.31 bits per heavy atom. The molecular formula is C14H22ClN. The van der Waals surface area contributed by atoms with Gasteiger partial charge in [-0.15, -0.1) is 0 Å². The zero-order valence-electron chi connectivity index (χ0n) is 10.6. The third-order valence-corrected chi connectivity index (χ3v) is 3.08. The van der Waals surface area contributed by atoms with Gasteiger partial charge in [0.15, 0.2) is 0 Å². The molecule has 0 fully saturated rings. The van der Waals surface area contributed by atoms with Crippen LogP contribution in [-0.4, -0.2) is 6.04 Å². The fourth-order valence-electron chi connectivity index (χ4n) is 2.12. The third kappa shape index (κ3) is 4.15. The van der Waals surface area contributed by atoms with E-state index in [4.69, 9.17) is 11.6 Å². The second-order valence-electron chi connectivity index (χ2n) is 4.94. The van der Waals surface area contributed by atoms with E-state index < -0.39 is 0 Å². The van der Waals surface area contributed by atoms with Crippen LogP contribution in [-0.2, 0) is 0 Å². The van der Waals surface area contributed by atoms with Gasteiger partial charge in [0.05, 0.1) is 0 Å². The van der Waals surface area contributed by atoms with Crippen molar-refractivity contribution in [3.8, 4) is 0 Å². The molecule has 2 heteroatoms. The van der Waals surface area contributed by atoms with Gasteiger partial charge in [-0.2, -0.15) is 0 Å². The summed E-state index contributed by atoms with van der Waals surface area (Å²) < 4.78 is 0. The van der Waals surface area contributed by atoms with E-state index in [0.29, 0.717) is 12.1 Å². The highest BCUT2D eigenvalue weighted by Gasteiger charge is 2.12. The van der Waals surface area contributed by atoms with E-state index >= 15 is 0 Å². The monoisotopic (exact) mass is 239 g/mol. The summed E-state index contributed by atoms with van der Waals surface area (Å²) in [6, 6.07) is 8.86. The van der Waals surface area contributed by atoms with Crippen LogP contribution in [0, 0.1) is 5.92 Å². The third-order valence-electron chi connectivity index (χ3n) is 2.73. The lowest BCUT2D eigenvalue weighted by Crippen LogP contribution is -2.30. The Morgan fingerprint density at radius 1 is 1.12 bits per heavy atom. The van der Waals surface area contributed by atoms with Crippen molar-refractivity contribution in [3.05, 3.63) is 34.9 Å². The van der Waals surface area contributed by atoms with E-state index in [-0.39, 0.29) is 0 Å². The van der Waals surface area contributed by atoms with E-state index in [2.05, 4.69) is 39.1 Å². The maximum atomic E-state index is 6.17. The molecule has 1 nitrogen and oxygen atoms in total. The predicted molar refractivity (Wildman–Crippen MR) is 71.9 cm³/mol. The summed E-state index contributed by atoms with van der Waals surface area (Å²) in [5.41, 5.74) is 1.18. The summed E-state index contributed by atoms with van der Waals surface area (Å²) in [6.07, 6.45) is 1.19. The maximum absolute atomic E-state index is 6.17. The van der Waals surface area contributed by atoms with Crippen LogP contribution in [0.5, 0.6) is 0 Å².